The van der Waals surface area contributed by atoms with Gasteiger partial charge in [-0.3, -0.25) is 10.0 Å². The first-order chi connectivity index (χ1) is 7.47. The van der Waals surface area contributed by atoms with E-state index in [2.05, 4.69) is 0 Å². The van der Waals surface area contributed by atoms with Gasteiger partial charge in [-0.2, -0.15) is 5.06 Å². The molecule has 2 amide bonds. The molecule has 1 unspecified atom stereocenters. The van der Waals surface area contributed by atoms with Gasteiger partial charge in [-0.05, 0) is 6.92 Å². The zero-order chi connectivity index (χ0) is 12.3. The van der Waals surface area contributed by atoms with E-state index in [4.69, 9.17) is 4.74 Å². The Bertz CT molecular complexity index is 280. The third-order valence-electron chi connectivity index (χ3n) is 2.49. The highest BCUT2D eigenvalue weighted by Crippen LogP contribution is 2.16. The van der Waals surface area contributed by atoms with Crippen molar-refractivity contribution in [3.8, 4) is 0 Å². The molecular weight excluding hydrogens is 212 g/mol. The van der Waals surface area contributed by atoms with Crippen LogP contribution in [-0.4, -0.2) is 46.5 Å². The molecule has 0 bridgehead atoms. The van der Waals surface area contributed by atoms with Crippen LogP contribution in [0.5, 0.6) is 0 Å². The Balaban J connectivity index is 2.58. The largest absolute Gasteiger partial charge is 0.439 e. The highest BCUT2D eigenvalue weighted by atomic mass is 16.6. The van der Waals surface area contributed by atoms with Gasteiger partial charge >= 0.3 is 12.0 Å². The molecule has 0 radical (unpaired) electrons. The molecule has 0 aliphatic carbocycles. The van der Waals surface area contributed by atoms with Crippen molar-refractivity contribution in [2.45, 2.75) is 33.4 Å². The van der Waals surface area contributed by atoms with E-state index < -0.39 is 18.2 Å². The highest BCUT2D eigenvalue weighted by Gasteiger charge is 2.34. The molecule has 1 atom stereocenters. The Hall–Kier alpha value is -1.30. The van der Waals surface area contributed by atoms with Crippen LogP contribution in [0.4, 0.5) is 4.79 Å². The van der Waals surface area contributed by atoms with Gasteiger partial charge < -0.3 is 9.64 Å². The van der Waals surface area contributed by atoms with E-state index in [1.54, 1.807) is 13.8 Å². The molecule has 0 spiro atoms. The number of urea groups is 1. The minimum atomic E-state index is -0.856. The van der Waals surface area contributed by atoms with Gasteiger partial charge in [-0.1, -0.05) is 13.8 Å². The Kier molecular flexibility index (Phi) is 4.12. The molecule has 0 aromatic carbocycles. The van der Waals surface area contributed by atoms with Crippen molar-refractivity contribution in [2.75, 3.05) is 13.1 Å². The zero-order valence-electron chi connectivity index (χ0n) is 9.84. The molecule has 92 valence electrons. The van der Waals surface area contributed by atoms with E-state index in [1.165, 1.54) is 4.90 Å². The number of esters is 1. The first-order valence-corrected chi connectivity index (χ1v) is 5.44. The Labute approximate surface area is 94.7 Å². The molecule has 0 aromatic heterocycles. The predicted octanol–water partition coefficient (Wildman–Crippen LogP) is 1.05. The molecule has 6 nitrogen and oxygen atoms in total. The summed E-state index contributed by atoms with van der Waals surface area (Å²) in [5, 5.41) is 10.0. The van der Waals surface area contributed by atoms with E-state index in [9.17, 15) is 14.8 Å². The van der Waals surface area contributed by atoms with Gasteiger partial charge in [0, 0.05) is 19.5 Å². The lowest BCUT2D eigenvalue weighted by atomic mass is 10.2. The number of ether oxygens (including phenoxy) is 1. The molecule has 1 N–H and O–H groups in total. The van der Waals surface area contributed by atoms with E-state index in [1.807, 2.05) is 6.92 Å². The van der Waals surface area contributed by atoms with E-state index in [0.29, 0.717) is 24.6 Å². The molecule has 1 aliphatic rings. The number of hydrogen-bond acceptors (Lipinski definition) is 4. The van der Waals surface area contributed by atoms with Crippen LogP contribution in [0.2, 0.25) is 0 Å². The summed E-state index contributed by atoms with van der Waals surface area (Å²) in [7, 11) is 0. The smallest absolute Gasteiger partial charge is 0.347 e. The molecule has 1 fully saturated rings. The molecule has 1 saturated heterocycles. The summed E-state index contributed by atoms with van der Waals surface area (Å²) in [4.78, 5) is 24.3. The van der Waals surface area contributed by atoms with Gasteiger partial charge in [0.2, 0.25) is 6.23 Å². The van der Waals surface area contributed by atoms with E-state index in [0.717, 1.165) is 0 Å². The number of amides is 2. The molecule has 6 heteroatoms. The number of carbonyl (C=O) groups is 2. The number of carbonyl (C=O) groups excluding carboxylic acids is 2. The van der Waals surface area contributed by atoms with Crippen molar-refractivity contribution in [2.24, 2.45) is 5.92 Å². The van der Waals surface area contributed by atoms with E-state index >= 15 is 0 Å². The fourth-order valence-corrected chi connectivity index (χ4v) is 1.42. The molecule has 1 rings (SSSR count). The van der Waals surface area contributed by atoms with Crippen LogP contribution in [0.3, 0.4) is 0 Å². The Morgan fingerprint density at radius 1 is 1.62 bits per heavy atom. The Morgan fingerprint density at radius 2 is 2.25 bits per heavy atom. The number of hydroxylamine groups is 2. The third kappa shape index (κ3) is 2.63. The van der Waals surface area contributed by atoms with Gasteiger partial charge in [0.25, 0.3) is 0 Å². The second kappa shape index (κ2) is 5.16. The summed E-state index contributed by atoms with van der Waals surface area (Å²) in [6.45, 7) is 6.25. The summed E-state index contributed by atoms with van der Waals surface area (Å²) in [6, 6.07) is -0.518. The third-order valence-corrected chi connectivity index (χ3v) is 2.49. The molecule has 1 heterocycles. The van der Waals surface area contributed by atoms with Crippen LogP contribution in [0.1, 0.15) is 27.2 Å². The van der Waals surface area contributed by atoms with Crippen LogP contribution in [0, 0.1) is 5.92 Å². The van der Waals surface area contributed by atoms with Gasteiger partial charge in [0.15, 0.2) is 0 Å². The predicted molar refractivity (Wildman–Crippen MR) is 55.6 cm³/mol. The van der Waals surface area contributed by atoms with Gasteiger partial charge in [0.1, 0.15) is 0 Å². The quantitative estimate of drug-likeness (QED) is 0.581. The van der Waals surface area contributed by atoms with Crippen molar-refractivity contribution in [1.82, 2.24) is 9.96 Å². The summed E-state index contributed by atoms with van der Waals surface area (Å²) in [5.41, 5.74) is 0. The number of hydrogen-bond donors (Lipinski definition) is 1. The molecule has 0 aromatic rings. The first kappa shape index (κ1) is 12.8. The lowest BCUT2D eigenvalue weighted by Gasteiger charge is -2.36. The van der Waals surface area contributed by atoms with Crippen molar-refractivity contribution >= 4 is 12.0 Å². The normalized spacial score (nSPS) is 21.6. The zero-order valence-corrected chi connectivity index (χ0v) is 9.84. The maximum Gasteiger partial charge on any atom is 0.347 e. The molecule has 1 aliphatic heterocycles. The highest BCUT2D eigenvalue weighted by molar-refractivity contribution is 5.75. The standard InChI is InChI=1S/C10H18N2O4/c1-4-11-6-5-8(12(15)10(11)14)16-9(13)7(2)3/h7-8,15H,4-6H2,1-3H3. The maximum absolute atomic E-state index is 11.5. The summed E-state index contributed by atoms with van der Waals surface area (Å²) < 4.78 is 5.02. The molecular formula is C10H18N2O4. The summed E-state index contributed by atoms with van der Waals surface area (Å²) >= 11 is 0. The van der Waals surface area contributed by atoms with E-state index in [-0.39, 0.29) is 5.92 Å². The minimum Gasteiger partial charge on any atom is -0.439 e. The fourth-order valence-electron chi connectivity index (χ4n) is 1.42. The van der Waals surface area contributed by atoms with Crippen molar-refractivity contribution in [1.29, 1.82) is 0 Å². The SMILES string of the molecule is CCN1CCC(OC(=O)C(C)C)N(O)C1=O. The molecule has 16 heavy (non-hydrogen) atoms. The van der Waals surface area contributed by atoms with Crippen LogP contribution >= 0.6 is 0 Å². The van der Waals surface area contributed by atoms with Gasteiger partial charge in [-0.25, -0.2) is 4.79 Å². The monoisotopic (exact) mass is 230 g/mol. The van der Waals surface area contributed by atoms with Crippen molar-refractivity contribution < 1.29 is 19.5 Å². The van der Waals surface area contributed by atoms with Gasteiger partial charge in [0.05, 0.1) is 5.92 Å². The first-order valence-electron chi connectivity index (χ1n) is 5.44. The maximum atomic E-state index is 11.5. The van der Waals surface area contributed by atoms with Crippen LogP contribution < -0.4 is 0 Å². The number of nitrogens with zero attached hydrogens (tertiary/aromatic N) is 2. The lowest BCUT2D eigenvalue weighted by Crippen LogP contribution is -2.54. The fraction of sp³-hybridized carbons (Fsp3) is 0.800. The van der Waals surface area contributed by atoms with Crippen LogP contribution in [0.25, 0.3) is 0 Å². The molecule has 0 saturated carbocycles. The average molecular weight is 230 g/mol. The lowest BCUT2D eigenvalue weighted by molar-refractivity contribution is -0.207. The van der Waals surface area contributed by atoms with Crippen LogP contribution in [0.15, 0.2) is 0 Å². The minimum absolute atomic E-state index is 0.271. The second-order valence-corrected chi connectivity index (χ2v) is 4.04. The average Bonchev–Trinajstić information content (AvgIpc) is 2.25. The van der Waals surface area contributed by atoms with Gasteiger partial charge in [-0.15, -0.1) is 0 Å². The Morgan fingerprint density at radius 3 is 2.75 bits per heavy atom. The summed E-state index contributed by atoms with van der Waals surface area (Å²) in [6.07, 6.45) is -0.431. The second-order valence-electron chi connectivity index (χ2n) is 4.04. The van der Waals surface area contributed by atoms with Crippen LogP contribution in [-0.2, 0) is 9.53 Å². The topological polar surface area (TPSA) is 70.1 Å². The van der Waals surface area contributed by atoms with Crippen molar-refractivity contribution in [3.63, 3.8) is 0 Å². The summed E-state index contributed by atoms with van der Waals surface area (Å²) in [5.74, 6) is -0.686. The van der Waals surface area contributed by atoms with Crippen molar-refractivity contribution in [3.05, 3.63) is 0 Å². The number of rotatable bonds is 3.